The molecule has 0 aromatic rings. The molecule has 4 nitrogen and oxygen atoms in total. The van der Waals surface area contributed by atoms with Crippen molar-refractivity contribution in [3.8, 4) is 0 Å². The van der Waals surface area contributed by atoms with Gasteiger partial charge in [-0.05, 0) is 38.1 Å². The Bertz CT molecular complexity index is 262. The molecule has 2 aliphatic rings. The van der Waals surface area contributed by atoms with Crippen molar-refractivity contribution in [3.05, 3.63) is 0 Å². The first-order valence-corrected chi connectivity index (χ1v) is 6.34. The number of carboxylic acids is 1. The van der Waals surface area contributed by atoms with Crippen LogP contribution in [-0.2, 0) is 4.79 Å². The minimum atomic E-state index is -0.612. The normalized spacial score (nSPS) is 37.2. The molecule has 0 spiro atoms. The summed E-state index contributed by atoms with van der Waals surface area (Å²) in [4.78, 5) is 13.8. The molecule has 4 heteroatoms. The Kier molecular flexibility index (Phi) is 3.50. The molecule has 1 saturated heterocycles. The lowest BCUT2D eigenvalue weighted by Gasteiger charge is -2.37. The lowest BCUT2D eigenvalue weighted by molar-refractivity contribution is -0.151. The third kappa shape index (κ3) is 2.09. The van der Waals surface area contributed by atoms with E-state index >= 15 is 0 Å². The Hall–Kier alpha value is -0.610. The predicted octanol–water partition coefficient (Wildman–Crippen LogP) is 0.925. The van der Waals surface area contributed by atoms with Gasteiger partial charge in [0.15, 0.2) is 0 Å². The van der Waals surface area contributed by atoms with E-state index in [-0.39, 0.29) is 0 Å². The van der Waals surface area contributed by atoms with Crippen LogP contribution in [0.3, 0.4) is 0 Å². The largest absolute Gasteiger partial charge is 0.480 e. The van der Waals surface area contributed by atoms with Gasteiger partial charge in [-0.15, -0.1) is 0 Å². The van der Waals surface area contributed by atoms with Gasteiger partial charge in [-0.1, -0.05) is 6.92 Å². The first-order chi connectivity index (χ1) is 7.65. The van der Waals surface area contributed by atoms with Gasteiger partial charge in [0.2, 0.25) is 0 Å². The molecule has 0 bridgehead atoms. The van der Waals surface area contributed by atoms with E-state index in [1.807, 2.05) is 0 Å². The fourth-order valence-electron chi connectivity index (χ4n) is 3.16. The van der Waals surface area contributed by atoms with Crippen LogP contribution >= 0.6 is 0 Å². The van der Waals surface area contributed by atoms with Gasteiger partial charge >= 0.3 is 5.97 Å². The Morgan fingerprint density at radius 1 is 1.44 bits per heavy atom. The zero-order valence-corrected chi connectivity index (χ0v) is 10.0. The topological polar surface area (TPSA) is 52.6 Å². The fourth-order valence-corrected chi connectivity index (χ4v) is 3.16. The van der Waals surface area contributed by atoms with Crippen LogP contribution in [0.4, 0.5) is 0 Å². The second kappa shape index (κ2) is 4.72. The molecule has 0 aromatic heterocycles. The molecule has 1 aliphatic carbocycles. The zero-order valence-electron chi connectivity index (χ0n) is 10.0. The second-order valence-electron chi connectivity index (χ2n) is 5.28. The maximum atomic E-state index is 11.6. The summed E-state index contributed by atoms with van der Waals surface area (Å²) < 4.78 is 0. The van der Waals surface area contributed by atoms with Crippen LogP contribution < -0.4 is 5.32 Å². The molecular formula is C12H22N2O2. The number of hydrogen-bond acceptors (Lipinski definition) is 3. The smallest absolute Gasteiger partial charge is 0.324 e. The molecule has 0 amide bonds. The SMILES string of the molecule is CC1CCC(C(=O)O)(N2CCCNCC2)C1. The lowest BCUT2D eigenvalue weighted by atomic mass is 9.93. The number of aliphatic carboxylic acids is 1. The van der Waals surface area contributed by atoms with E-state index in [0.29, 0.717) is 5.92 Å². The molecule has 0 aromatic carbocycles. The average Bonchev–Trinajstić information content (AvgIpc) is 2.51. The third-order valence-corrected chi connectivity index (χ3v) is 4.08. The molecule has 2 unspecified atom stereocenters. The summed E-state index contributed by atoms with van der Waals surface area (Å²) in [6, 6.07) is 0. The van der Waals surface area contributed by atoms with Crippen molar-refractivity contribution < 1.29 is 9.90 Å². The second-order valence-corrected chi connectivity index (χ2v) is 5.28. The van der Waals surface area contributed by atoms with Crippen LogP contribution in [0, 0.1) is 5.92 Å². The first-order valence-electron chi connectivity index (χ1n) is 6.34. The van der Waals surface area contributed by atoms with Crippen LogP contribution in [0.15, 0.2) is 0 Å². The summed E-state index contributed by atoms with van der Waals surface area (Å²) >= 11 is 0. The maximum absolute atomic E-state index is 11.6. The van der Waals surface area contributed by atoms with E-state index in [4.69, 9.17) is 0 Å². The van der Waals surface area contributed by atoms with Crippen molar-refractivity contribution in [2.24, 2.45) is 5.92 Å². The number of rotatable bonds is 2. The fraction of sp³-hybridized carbons (Fsp3) is 0.917. The molecule has 2 atom stereocenters. The Labute approximate surface area is 97.0 Å². The van der Waals surface area contributed by atoms with E-state index in [0.717, 1.165) is 51.9 Å². The van der Waals surface area contributed by atoms with Crippen molar-refractivity contribution in [3.63, 3.8) is 0 Å². The minimum absolute atomic E-state index is 0.548. The molecule has 16 heavy (non-hydrogen) atoms. The molecule has 1 aliphatic heterocycles. The zero-order chi connectivity index (χ0) is 11.6. The summed E-state index contributed by atoms with van der Waals surface area (Å²) in [6.07, 6.45) is 3.76. The number of nitrogens with zero attached hydrogens (tertiary/aromatic N) is 1. The van der Waals surface area contributed by atoms with Crippen molar-refractivity contribution in [2.75, 3.05) is 26.2 Å². The van der Waals surface area contributed by atoms with Crippen molar-refractivity contribution in [1.29, 1.82) is 0 Å². The third-order valence-electron chi connectivity index (χ3n) is 4.08. The molecule has 1 saturated carbocycles. The summed E-state index contributed by atoms with van der Waals surface area (Å²) in [7, 11) is 0. The molecule has 2 N–H and O–H groups in total. The van der Waals surface area contributed by atoms with Crippen molar-refractivity contribution in [1.82, 2.24) is 10.2 Å². The first kappa shape index (κ1) is 11.9. The van der Waals surface area contributed by atoms with Crippen LogP contribution in [0.25, 0.3) is 0 Å². The van der Waals surface area contributed by atoms with Gasteiger partial charge in [-0.3, -0.25) is 9.69 Å². The molecule has 92 valence electrons. The van der Waals surface area contributed by atoms with E-state index in [9.17, 15) is 9.90 Å². The number of nitrogens with one attached hydrogen (secondary N) is 1. The van der Waals surface area contributed by atoms with Crippen molar-refractivity contribution in [2.45, 2.75) is 38.1 Å². The van der Waals surface area contributed by atoms with Gasteiger partial charge in [0.1, 0.15) is 5.54 Å². The number of carboxylic acid groups (broad SMARTS) is 1. The van der Waals surface area contributed by atoms with Gasteiger partial charge in [0.25, 0.3) is 0 Å². The van der Waals surface area contributed by atoms with Crippen LogP contribution in [-0.4, -0.2) is 47.7 Å². The maximum Gasteiger partial charge on any atom is 0.324 e. The quantitative estimate of drug-likeness (QED) is 0.735. The van der Waals surface area contributed by atoms with Gasteiger partial charge in [0.05, 0.1) is 0 Å². The van der Waals surface area contributed by atoms with E-state index < -0.39 is 11.5 Å². The van der Waals surface area contributed by atoms with Crippen LogP contribution in [0.5, 0.6) is 0 Å². The van der Waals surface area contributed by atoms with Crippen LogP contribution in [0.2, 0.25) is 0 Å². The molecule has 0 radical (unpaired) electrons. The Morgan fingerprint density at radius 3 is 2.88 bits per heavy atom. The summed E-state index contributed by atoms with van der Waals surface area (Å²) in [5, 5.41) is 12.9. The van der Waals surface area contributed by atoms with E-state index in [1.165, 1.54) is 0 Å². The van der Waals surface area contributed by atoms with E-state index in [1.54, 1.807) is 0 Å². The highest BCUT2D eigenvalue weighted by atomic mass is 16.4. The summed E-state index contributed by atoms with van der Waals surface area (Å²) in [5.74, 6) is -0.0638. The van der Waals surface area contributed by atoms with E-state index in [2.05, 4.69) is 17.1 Å². The highest BCUT2D eigenvalue weighted by Gasteiger charge is 2.48. The molecule has 2 rings (SSSR count). The summed E-state index contributed by atoms with van der Waals surface area (Å²) in [5.41, 5.74) is -0.564. The Morgan fingerprint density at radius 2 is 2.25 bits per heavy atom. The molecule has 2 fully saturated rings. The Balaban J connectivity index is 2.14. The average molecular weight is 226 g/mol. The number of hydrogen-bond donors (Lipinski definition) is 2. The van der Waals surface area contributed by atoms with Gasteiger partial charge in [-0.2, -0.15) is 0 Å². The standard InChI is InChI=1S/C12H22N2O2/c1-10-3-4-12(9-10,11(15)16)14-7-2-5-13-6-8-14/h10,13H,2-9H2,1H3,(H,15,16). The van der Waals surface area contributed by atoms with Crippen molar-refractivity contribution >= 4 is 5.97 Å². The lowest BCUT2D eigenvalue weighted by Crippen LogP contribution is -2.54. The van der Waals surface area contributed by atoms with Gasteiger partial charge < -0.3 is 10.4 Å². The van der Waals surface area contributed by atoms with Gasteiger partial charge in [-0.25, -0.2) is 0 Å². The summed E-state index contributed by atoms with van der Waals surface area (Å²) in [6.45, 7) is 5.90. The minimum Gasteiger partial charge on any atom is -0.480 e. The highest BCUT2D eigenvalue weighted by Crippen LogP contribution is 2.39. The highest BCUT2D eigenvalue weighted by molar-refractivity contribution is 5.79. The predicted molar refractivity (Wildman–Crippen MR) is 62.4 cm³/mol. The monoisotopic (exact) mass is 226 g/mol. The van der Waals surface area contributed by atoms with Gasteiger partial charge in [0, 0.05) is 19.6 Å². The number of carbonyl (C=O) groups is 1. The molecule has 1 heterocycles. The van der Waals surface area contributed by atoms with Crippen LogP contribution in [0.1, 0.15) is 32.6 Å². The molecular weight excluding hydrogens is 204 g/mol.